The van der Waals surface area contributed by atoms with Crippen molar-refractivity contribution < 1.29 is 9.53 Å². The lowest BCUT2D eigenvalue weighted by molar-refractivity contribution is -0.142. The van der Waals surface area contributed by atoms with Gasteiger partial charge in [0.2, 0.25) is 0 Å². The second kappa shape index (κ2) is 8.91. The van der Waals surface area contributed by atoms with Crippen LogP contribution in [0, 0.1) is 0 Å². The second-order valence-electron chi connectivity index (χ2n) is 6.10. The third-order valence-electron chi connectivity index (χ3n) is 4.23. The number of rotatable bonds is 8. The van der Waals surface area contributed by atoms with Gasteiger partial charge >= 0.3 is 0 Å². The van der Waals surface area contributed by atoms with E-state index < -0.39 is 6.10 Å². The molecule has 122 valence electrons. The van der Waals surface area contributed by atoms with Gasteiger partial charge in [0.25, 0.3) is 5.91 Å². The van der Waals surface area contributed by atoms with Gasteiger partial charge < -0.3 is 14.5 Å². The van der Waals surface area contributed by atoms with Crippen molar-refractivity contribution in [2.24, 2.45) is 0 Å². The van der Waals surface area contributed by atoms with Gasteiger partial charge in [0.05, 0.1) is 6.61 Å². The summed E-state index contributed by atoms with van der Waals surface area (Å²) >= 11 is 0. The minimum absolute atomic E-state index is 0.0670. The van der Waals surface area contributed by atoms with E-state index in [9.17, 15) is 4.79 Å². The first-order valence-electron chi connectivity index (χ1n) is 8.29. The number of amides is 1. The lowest BCUT2D eigenvalue weighted by Crippen LogP contribution is -2.37. The first-order valence-corrected chi connectivity index (χ1v) is 8.29. The third kappa shape index (κ3) is 5.43. The van der Waals surface area contributed by atoms with Gasteiger partial charge in [0, 0.05) is 13.6 Å². The summed E-state index contributed by atoms with van der Waals surface area (Å²) in [6, 6.07) is 9.96. The number of likely N-dealkylation sites (tertiary alicyclic amines) is 1. The average Bonchev–Trinajstić information content (AvgIpc) is 3.06. The molecule has 1 aliphatic rings. The highest BCUT2D eigenvalue weighted by atomic mass is 16.5. The topological polar surface area (TPSA) is 32.8 Å². The van der Waals surface area contributed by atoms with Crippen molar-refractivity contribution >= 4 is 5.91 Å². The Morgan fingerprint density at radius 1 is 1.27 bits per heavy atom. The molecule has 1 aromatic carbocycles. The van der Waals surface area contributed by atoms with Crippen LogP contribution in [0.4, 0.5) is 0 Å². The van der Waals surface area contributed by atoms with Crippen LogP contribution in [0.2, 0.25) is 0 Å². The Morgan fingerprint density at radius 2 is 1.95 bits per heavy atom. The molecule has 0 unspecified atom stereocenters. The zero-order valence-electron chi connectivity index (χ0n) is 13.8. The second-order valence-corrected chi connectivity index (χ2v) is 6.10. The molecular weight excluding hydrogens is 276 g/mol. The summed E-state index contributed by atoms with van der Waals surface area (Å²) in [7, 11) is 1.87. The van der Waals surface area contributed by atoms with E-state index in [1.54, 1.807) is 4.90 Å². The minimum Gasteiger partial charge on any atom is -0.364 e. The van der Waals surface area contributed by atoms with E-state index in [-0.39, 0.29) is 5.91 Å². The molecule has 1 amide bonds. The molecule has 1 fully saturated rings. The van der Waals surface area contributed by atoms with E-state index in [1.165, 1.54) is 25.9 Å². The van der Waals surface area contributed by atoms with Crippen LogP contribution in [-0.4, -0.2) is 55.0 Å². The van der Waals surface area contributed by atoms with E-state index in [1.807, 2.05) is 44.3 Å². The van der Waals surface area contributed by atoms with Crippen molar-refractivity contribution in [2.45, 2.75) is 38.9 Å². The lowest BCUT2D eigenvalue weighted by atomic mass is 10.2. The largest absolute Gasteiger partial charge is 0.364 e. The summed E-state index contributed by atoms with van der Waals surface area (Å²) in [5.41, 5.74) is 1.10. The van der Waals surface area contributed by atoms with E-state index in [2.05, 4.69) is 4.90 Å². The predicted octanol–water partition coefficient (Wildman–Crippen LogP) is 2.54. The summed E-state index contributed by atoms with van der Waals surface area (Å²) in [5, 5.41) is 0. The SMILES string of the molecule is C[C@@H](OCc1ccccc1)C(=O)N(C)CCCN1CCCC1. The van der Waals surface area contributed by atoms with E-state index in [4.69, 9.17) is 4.74 Å². The maximum atomic E-state index is 12.3. The quantitative estimate of drug-likeness (QED) is 0.740. The molecule has 0 spiro atoms. The van der Waals surface area contributed by atoms with E-state index in [0.717, 1.165) is 25.1 Å². The van der Waals surface area contributed by atoms with E-state index >= 15 is 0 Å². The van der Waals surface area contributed by atoms with Crippen LogP contribution in [0.3, 0.4) is 0 Å². The number of carbonyl (C=O) groups excluding carboxylic acids is 1. The summed E-state index contributed by atoms with van der Waals surface area (Å²) in [6.45, 7) is 6.64. The summed E-state index contributed by atoms with van der Waals surface area (Å²) in [5.74, 6) is 0.0670. The Labute approximate surface area is 134 Å². The number of likely N-dealkylation sites (N-methyl/N-ethyl adjacent to an activating group) is 1. The zero-order chi connectivity index (χ0) is 15.8. The van der Waals surface area contributed by atoms with Crippen LogP contribution >= 0.6 is 0 Å². The van der Waals surface area contributed by atoms with Gasteiger partial charge in [0.15, 0.2) is 0 Å². The van der Waals surface area contributed by atoms with Gasteiger partial charge in [-0.25, -0.2) is 0 Å². The maximum Gasteiger partial charge on any atom is 0.251 e. The molecule has 4 nitrogen and oxygen atoms in total. The molecule has 4 heteroatoms. The summed E-state index contributed by atoms with van der Waals surface area (Å²) in [4.78, 5) is 16.6. The molecule has 1 heterocycles. The zero-order valence-corrected chi connectivity index (χ0v) is 13.8. The van der Waals surface area contributed by atoms with E-state index in [0.29, 0.717) is 6.61 Å². The first kappa shape index (κ1) is 17.0. The molecule has 1 atom stereocenters. The number of nitrogens with zero attached hydrogens (tertiary/aromatic N) is 2. The van der Waals surface area contributed by atoms with Crippen molar-refractivity contribution in [3.63, 3.8) is 0 Å². The monoisotopic (exact) mass is 304 g/mol. The van der Waals surface area contributed by atoms with Crippen molar-refractivity contribution in [3.05, 3.63) is 35.9 Å². The number of carbonyl (C=O) groups is 1. The van der Waals surface area contributed by atoms with Crippen molar-refractivity contribution in [1.29, 1.82) is 0 Å². The fourth-order valence-corrected chi connectivity index (χ4v) is 2.83. The molecule has 0 saturated carbocycles. The van der Waals surface area contributed by atoms with Gasteiger partial charge in [0.1, 0.15) is 6.10 Å². The Morgan fingerprint density at radius 3 is 2.64 bits per heavy atom. The number of benzene rings is 1. The van der Waals surface area contributed by atoms with Crippen molar-refractivity contribution in [3.8, 4) is 0 Å². The Kier molecular flexibility index (Phi) is 6.87. The summed E-state index contributed by atoms with van der Waals surface area (Å²) in [6.07, 6.45) is 3.28. The first-order chi connectivity index (χ1) is 10.7. The fraction of sp³-hybridized carbons (Fsp3) is 0.611. The third-order valence-corrected chi connectivity index (χ3v) is 4.23. The van der Waals surface area contributed by atoms with Crippen molar-refractivity contribution in [2.75, 3.05) is 33.2 Å². The lowest BCUT2D eigenvalue weighted by Gasteiger charge is -2.23. The van der Waals surface area contributed by atoms with Gasteiger partial charge in [-0.3, -0.25) is 4.79 Å². The molecule has 1 aliphatic heterocycles. The van der Waals surface area contributed by atoms with Crippen LogP contribution in [0.1, 0.15) is 31.7 Å². The Hall–Kier alpha value is -1.39. The van der Waals surface area contributed by atoms with Crippen LogP contribution in [-0.2, 0) is 16.1 Å². The number of hydrogen-bond donors (Lipinski definition) is 0. The molecular formula is C18H28N2O2. The molecule has 0 N–H and O–H groups in total. The fourth-order valence-electron chi connectivity index (χ4n) is 2.83. The number of ether oxygens (including phenoxy) is 1. The standard InChI is InChI=1S/C18H28N2O2/c1-16(22-15-17-9-4-3-5-10-17)18(21)19(2)11-8-14-20-12-6-7-13-20/h3-5,9-10,16H,6-8,11-15H2,1-2H3/t16-/m1/s1. The highest BCUT2D eigenvalue weighted by Gasteiger charge is 2.18. The molecule has 0 aliphatic carbocycles. The van der Waals surface area contributed by atoms with Gasteiger partial charge in [-0.15, -0.1) is 0 Å². The molecule has 0 radical (unpaired) electrons. The average molecular weight is 304 g/mol. The molecule has 0 aromatic heterocycles. The molecule has 2 rings (SSSR count). The van der Waals surface area contributed by atoms with Gasteiger partial charge in [-0.2, -0.15) is 0 Å². The highest BCUT2D eigenvalue weighted by Crippen LogP contribution is 2.09. The molecule has 1 saturated heterocycles. The Bertz CT molecular complexity index is 444. The predicted molar refractivity (Wildman–Crippen MR) is 88.6 cm³/mol. The summed E-state index contributed by atoms with van der Waals surface area (Å²) < 4.78 is 5.69. The highest BCUT2D eigenvalue weighted by molar-refractivity contribution is 5.80. The smallest absolute Gasteiger partial charge is 0.251 e. The van der Waals surface area contributed by atoms with Crippen LogP contribution in [0.15, 0.2) is 30.3 Å². The molecule has 1 aromatic rings. The van der Waals surface area contributed by atoms with Crippen molar-refractivity contribution in [1.82, 2.24) is 9.80 Å². The van der Waals surface area contributed by atoms with Crippen LogP contribution in [0.5, 0.6) is 0 Å². The normalized spacial score (nSPS) is 16.6. The maximum absolute atomic E-state index is 12.3. The van der Waals surface area contributed by atoms with Crippen LogP contribution in [0.25, 0.3) is 0 Å². The Balaban J connectivity index is 1.65. The number of hydrogen-bond acceptors (Lipinski definition) is 3. The molecule has 22 heavy (non-hydrogen) atoms. The minimum atomic E-state index is -0.392. The van der Waals surface area contributed by atoms with Gasteiger partial charge in [-0.1, -0.05) is 30.3 Å². The molecule has 0 bridgehead atoms. The van der Waals surface area contributed by atoms with Crippen LogP contribution < -0.4 is 0 Å². The van der Waals surface area contributed by atoms with Gasteiger partial charge in [-0.05, 0) is 51.4 Å².